The maximum Gasteiger partial charge on any atom is 0.228 e. The number of nitrogens with zero attached hydrogens (tertiary/aromatic N) is 3. The van der Waals surface area contributed by atoms with Crippen molar-refractivity contribution in [2.75, 3.05) is 13.6 Å². The number of ether oxygens (including phenoxy) is 1. The van der Waals surface area contributed by atoms with Crippen molar-refractivity contribution in [1.29, 1.82) is 0 Å². The van der Waals surface area contributed by atoms with E-state index in [-0.39, 0.29) is 0 Å². The summed E-state index contributed by atoms with van der Waals surface area (Å²) in [7, 11) is 1.98. The largest absolute Gasteiger partial charge is 0.472 e. The van der Waals surface area contributed by atoms with Gasteiger partial charge < -0.3 is 9.64 Å². The Morgan fingerprint density at radius 3 is 2.70 bits per heavy atom. The smallest absolute Gasteiger partial charge is 0.228 e. The maximum atomic E-state index is 5.84. The van der Waals surface area contributed by atoms with E-state index < -0.39 is 0 Å². The molecule has 0 N–H and O–H groups in total. The number of benzene rings is 1. The molecule has 0 bridgehead atoms. The van der Waals surface area contributed by atoms with Crippen molar-refractivity contribution in [3.05, 3.63) is 50.5 Å². The van der Waals surface area contributed by atoms with Crippen LogP contribution in [0.4, 0.5) is 5.69 Å². The second kappa shape index (κ2) is 8.45. The number of aryl methyl sites for hydroxylation is 1. The van der Waals surface area contributed by atoms with Crippen LogP contribution in [-0.2, 0) is 6.61 Å². The summed E-state index contributed by atoms with van der Waals surface area (Å²) in [4.78, 5) is 11.0. The van der Waals surface area contributed by atoms with Crippen LogP contribution in [0.5, 0.6) is 5.88 Å². The predicted octanol–water partition coefficient (Wildman–Crippen LogP) is 5.11. The van der Waals surface area contributed by atoms with E-state index in [1.165, 1.54) is 0 Å². The summed E-state index contributed by atoms with van der Waals surface area (Å²) < 4.78 is 7.65. The Hall–Kier alpha value is -1.40. The molecule has 2 rings (SSSR count). The van der Waals surface area contributed by atoms with Gasteiger partial charge in [0.15, 0.2) is 0 Å². The zero-order valence-electron chi connectivity index (χ0n) is 13.4. The fraction of sp³-hybridized carbons (Fsp3) is 0.294. The van der Waals surface area contributed by atoms with Gasteiger partial charge in [0.25, 0.3) is 0 Å². The van der Waals surface area contributed by atoms with Crippen molar-refractivity contribution in [3.63, 3.8) is 0 Å². The van der Waals surface area contributed by atoms with Gasteiger partial charge in [-0.05, 0) is 41.9 Å². The summed E-state index contributed by atoms with van der Waals surface area (Å²) in [6.45, 7) is 5.36. The van der Waals surface area contributed by atoms with Crippen LogP contribution in [0.25, 0.3) is 0 Å². The monoisotopic (exact) mass is 439 g/mol. The Bertz CT molecular complexity index is 704. The third kappa shape index (κ3) is 5.04. The molecule has 2 aromatic rings. The van der Waals surface area contributed by atoms with Crippen LogP contribution in [0, 0.1) is 6.92 Å². The van der Waals surface area contributed by atoms with E-state index in [4.69, 9.17) is 4.74 Å². The van der Waals surface area contributed by atoms with E-state index in [0.717, 1.165) is 32.4 Å². The summed E-state index contributed by atoms with van der Waals surface area (Å²) >= 11 is 7.03. The normalized spacial score (nSPS) is 11.0. The first-order chi connectivity index (χ1) is 11.0. The van der Waals surface area contributed by atoms with Gasteiger partial charge in [0.05, 0.1) is 22.2 Å². The summed E-state index contributed by atoms with van der Waals surface area (Å²) in [6, 6.07) is 9.90. The summed E-state index contributed by atoms with van der Waals surface area (Å²) in [5.41, 5.74) is 2.73. The Morgan fingerprint density at radius 1 is 1.26 bits per heavy atom. The molecule has 1 heterocycles. The van der Waals surface area contributed by atoms with Gasteiger partial charge in [0.2, 0.25) is 5.88 Å². The Balaban J connectivity index is 2.14. The topological polar surface area (TPSA) is 37.7 Å². The molecule has 0 aliphatic rings. The van der Waals surface area contributed by atoms with Gasteiger partial charge in [-0.15, -0.1) is 0 Å². The first-order valence-electron chi connectivity index (χ1n) is 7.29. The number of pyridine rings is 1. The van der Waals surface area contributed by atoms with Crippen molar-refractivity contribution < 1.29 is 4.74 Å². The average Bonchev–Trinajstić information content (AvgIpc) is 2.54. The van der Waals surface area contributed by atoms with Gasteiger partial charge in [-0.25, -0.2) is 9.98 Å². The lowest BCUT2D eigenvalue weighted by molar-refractivity contribution is 0.290. The minimum Gasteiger partial charge on any atom is -0.472 e. The molecule has 0 radical (unpaired) electrons. The van der Waals surface area contributed by atoms with Gasteiger partial charge in [-0.3, -0.25) is 0 Å². The van der Waals surface area contributed by atoms with Gasteiger partial charge in [-0.2, -0.15) is 0 Å². The Morgan fingerprint density at radius 2 is 2.00 bits per heavy atom. The minimum atomic E-state index is 0.452. The van der Waals surface area contributed by atoms with E-state index in [1.54, 1.807) is 6.34 Å². The van der Waals surface area contributed by atoms with Crippen molar-refractivity contribution >= 4 is 43.9 Å². The fourth-order valence-electron chi connectivity index (χ4n) is 1.79. The number of aliphatic imine (C=N–C) groups is 1. The molecule has 1 aromatic carbocycles. The van der Waals surface area contributed by atoms with Crippen LogP contribution in [0.2, 0.25) is 0 Å². The molecule has 0 aliphatic heterocycles. The van der Waals surface area contributed by atoms with Crippen molar-refractivity contribution in [2.24, 2.45) is 4.99 Å². The lowest BCUT2D eigenvalue weighted by Crippen LogP contribution is -2.14. The van der Waals surface area contributed by atoms with Crippen LogP contribution in [-0.4, -0.2) is 29.8 Å². The molecule has 0 amide bonds. The summed E-state index contributed by atoms with van der Waals surface area (Å²) in [5, 5.41) is 0. The van der Waals surface area contributed by atoms with Gasteiger partial charge in [0, 0.05) is 23.6 Å². The van der Waals surface area contributed by atoms with Crippen molar-refractivity contribution in [3.8, 4) is 5.88 Å². The predicted molar refractivity (Wildman–Crippen MR) is 102 cm³/mol. The van der Waals surface area contributed by atoms with E-state index in [1.807, 2.05) is 49.2 Å². The third-order valence-corrected chi connectivity index (χ3v) is 4.66. The summed E-state index contributed by atoms with van der Waals surface area (Å²) in [6.07, 6.45) is 1.80. The standard InChI is InChI=1S/C17H19Br2N3O/c1-4-22(3)11-20-16-9-15(19)17(21-12(16)2)23-10-13-7-5-6-8-14(13)18/h5-9,11H,4,10H2,1-3H3/b20-11+. The molecule has 0 unspecified atom stereocenters. The zero-order valence-corrected chi connectivity index (χ0v) is 16.6. The molecule has 0 fully saturated rings. The van der Waals surface area contributed by atoms with Crippen LogP contribution in [0.3, 0.4) is 0 Å². The molecule has 0 saturated heterocycles. The van der Waals surface area contributed by atoms with Crippen LogP contribution < -0.4 is 4.74 Å². The van der Waals surface area contributed by atoms with Gasteiger partial charge in [0.1, 0.15) is 6.61 Å². The average molecular weight is 441 g/mol. The van der Waals surface area contributed by atoms with Gasteiger partial charge >= 0.3 is 0 Å². The lowest BCUT2D eigenvalue weighted by Gasteiger charge is -2.12. The molecule has 0 atom stereocenters. The SMILES string of the molecule is CCN(C)/C=N/c1cc(Br)c(OCc2ccccc2Br)nc1C. The highest BCUT2D eigenvalue weighted by molar-refractivity contribution is 9.10. The number of rotatable bonds is 6. The van der Waals surface area contributed by atoms with Crippen molar-refractivity contribution in [2.45, 2.75) is 20.5 Å². The van der Waals surface area contributed by atoms with Crippen LogP contribution in [0.1, 0.15) is 18.2 Å². The molecular formula is C17H19Br2N3O. The molecule has 1 aromatic heterocycles. The van der Waals surface area contributed by atoms with Crippen LogP contribution in [0.15, 0.2) is 44.3 Å². The second-order valence-electron chi connectivity index (χ2n) is 5.08. The molecular weight excluding hydrogens is 422 g/mol. The number of halogens is 2. The minimum absolute atomic E-state index is 0.452. The maximum absolute atomic E-state index is 5.84. The van der Waals surface area contributed by atoms with Gasteiger partial charge in [-0.1, -0.05) is 34.1 Å². The van der Waals surface area contributed by atoms with E-state index in [9.17, 15) is 0 Å². The number of aromatic nitrogens is 1. The highest BCUT2D eigenvalue weighted by Crippen LogP contribution is 2.30. The number of hydrogen-bond donors (Lipinski definition) is 0. The first kappa shape index (κ1) is 17.9. The highest BCUT2D eigenvalue weighted by Gasteiger charge is 2.09. The van der Waals surface area contributed by atoms with E-state index in [0.29, 0.717) is 12.5 Å². The zero-order chi connectivity index (χ0) is 16.8. The first-order valence-corrected chi connectivity index (χ1v) is 8.87. The highest BCUT2D eigenvalue weighted by atomic mass is 79.9. The quantitative estimate of drug-likeness (QED) is 0.462. The van der Waals surface area contributed by atoms with E-state index >= 15 is 0 Å². The fourth-order valence-corrected chi connectivity index (χ4v) is 2.60. The van der Waals surface area contributed by atoms with E-state index in [2.05, 4.69) is 48.8 Å². The third-order valence-electron chi connectivity index (χ3n) is 3.32. The Kier molecular flexibility index (Phi) is 6.59. The molecule has 6 heteroatoms. The molecule has 122 valence electrons. The molecule has 0 aliphatic carbocycles. The molecule has 0 saturated carbocycles. The summed E-state index contributed by atoms with van der Waals surface area (Å²) in [5.74, 6) is 0.570. The lowest BCUT2D eigenvalue weighted by atomic mass is 10.2. The van der Waals surface area contributed by atoms with Crippen molar-refractivity contribution in [1.82, 2.24) is 9.88 Å². The van der Waals surface area contributed by atoms with Crippen LogP contribution >= 0.6 is 31.9 Å². The molecule has 23 heavy (non-hydrogen) atoms. The Labute approximate surface area is 153 Å². The molecule has 0 spiro atoms. The number of hydrogen-bond acceptors (Lipinski definition) is 3. The molecule has 4 nitrogen and oxygen atoms in total. The second-order valence-corrected chi connectivity index (χ2v) is 6.79.